The van der Waals surface area contributed by atoms with Gasteiger partial charge in [0.2, 0.25) is 0 Å². The average molecular weight is 284 g/mol. The lowest BCUT2D eigenvalue weighted by Gasteiger charge is -2.32. The van der Waals surface area contributed by atoms with Crippen LogP contribution in [0.3, 0.4) is 0 Å². The summed E-state index contributed by atoms with van der Waals surface area (Å²) in [5, 5.41) is 9.18. The van der Waals surface area contributed by atoms with Crippen LogP contribution in [-0.4, -0.2) is 17.5 Å². The molecule has 7 heteroatoms. The Morgan fingerprint density at radius 1 is 1.05 bits per heavy atom. The first-order chi connectivity index (χ1) is 8.41. The van der Waals surface area contributed by atoms with Crippen LogP contribution in [-0.2, 0) is 5.60 Å². The predicted octanol–water partition coefficient (Wildman–Crippen LogP) is 4.03. The fourth-order valence-electron chi connectivity index (χ4n) is 1.50. The van der Waals surface area contributed by atoms with Crippen LogP contribution >= 0.6 is 0 Å². The van der Waals surface area contributed by atoms with Gasteiger partial charge in [-0.25, -0.2) is 0 Å². The summed E-state index contributed by atoms with van der Waals surface area (Å²) in [4.78, 5) is 0. The molecule has 0 aliphatic heterocycles. The molecule has 0 heterocycles. The summed E-state index contributed by atoms with van der Waals surface area (Å²) in [5.41, 5.74) is -5.81. The summed E-state index contributed by atoms with van der Waals surface area (Å²) < 4.78 is 75.8. The van der Waals surface area contributed by atoms with Gasteiger partial charge in [-0.15, -0.1) is 0 Å². The van der Waals surface area contributed by atoms with Crippen molar-refractivity contribution in [3.63, 3.8) is 0 Å². The minimum absolute atomic E-state index is 0.0874. The Kier molecular flexibility index (Phi) is 3.73. The molecule has 0 saturated heterocycles. The molecule has 0 saturated carbocycles. The van der Waals surface area contributed by atoms with Gasteiger partial charge in [-0.05, 0) is 18.6 Å². The van der Waals surface area contributed by atoms with E-state index >= 15 is 0 Å². The maximum absolute atomic E-state index is 12.6. The SMILES string of the molecule is C=C(C)c1cccc(C(O)(C(F)(F)F)C(F)(F)F)c1. The number of aliphatic hydroxyl groups is 1. The molecule has 1 nitrogen and oxygen atoms in total. The Balaban J connectivity index is 3.52. The topological polar surface area (TPSA) is 20.2 Å². The van der Waals surface area contributed by atoms with Crippen LogP contribution in [0.15, 0.2) is 30.8 Å². The summed E-state index contributed by atoms with van der Waals surface area (Å²) >= 11 is 0. The van der Waals surface area contributed by atoms with Gasteiger partial charge in [0.25, 0.3) is 5.60 Å². The molecule has 0 aliphatic carbocycles. The maximum atomic E-state index is 12.6. The molecule has 106 valence electrons. The van der Waals surface area contributed by atoms with Crippen LogP contribution in [0.5, 0.6) is 0 Å². The molecule has 0 bridgehead atoms. The van der Waals surface area contributed by atoms with Gasteiger partial charge in [0.1, 0.15) is 0 Å². The number of allylic oxidation sites excluding steroid dienone is 1. The van der Waals surface area contributed by atoms with Gasteiger partial charge in [0.15, 0.2) is 0 Å². The first-order valence-corrected chi connectivity index (χ1v) is 5.03. The van der Waals surface area contributed by atoms with E-state index < -0.39 is 23.5 Å². The lowest BCUT2D eigenvalue weighted by Crippen LogP contribution is -2.53. The second-order valence-electron chi connectivity index (χ2n) is 4.07. The minimum atomic E-state index is -5.88. The first kappa shape index (κ1) is 15.6. The van der Waals surface area contributed by atoms with E-state index in [2.05, 4.69) is 6.58 Å². The molecule has 1 N–H and O–H groups in total. The maximum Gasteiger partial charge on any atom is 0.430 e. The number of hydrogen-bond acceptors (Lipinski definition) is 1. The van der Waals surface area contributed by atoms with Crippen LogP contribution in [0.2, 0.25) is 0 Å². The molecule has 0 fully saturated rings. The van der Waals surface area contributed by atoms with Crippen LogP contribution in [0.1, 0.15) is 18.1 Å². The monoisotopic (exact) mass is 284 g/mol. The Morgan fingerprint density at radius 2 is 1.53 bits per heavy atom. The molecule has 0 radical (unpaired) electrons. The summed E-state index contributed by atoms with van der Waals surface area (Å²) in [6.45, 7) is 4.86. The highest BCUT2D eigenvalue weighted by Crippen LogP contribution is 2.50. The summed E-state index contributed by atoms with van der Waals surface area (Å²) in [7, 11) is 0. The molecule has 0 unspecified atom stereocenters. The van der Waals surface area contributed by atoms with Crippen molar-refractivity contribution in [2.75, 3.05) is 0 Å². The van der Waals surface area contributed by atoms with Crippen LogP contribution in [0, 0.1) is 0 Å². The Hall–Kier alpha value is -1.50. The van der Waals surface area contributed by atoms with E-state index in [-0.39, 0.29) is 11.1 Å². The van der Waals surface area contributed by atoms with E-state index in [0.29, 0.717) is 12.1 Å². The zero-order valence-electron chi connectivity index (χ0n) is 9.73. The summed E-state index contributed by atoms with van der Waals surface area (Å²) in [5.74, 6) is 0. The number of rotatable bonds is 2. The third-order valence-electron chi connectivity index (χ3n) is 2.59. The third kappa shape index (κ3) is 2.60. The first-order valence-electron chi connectivity index (χ1n) is 5.03. The average Bonchev–Trinajstić information content (AvgIpc) is 2.25. The van der Waals surface area contributed by atoms with Crippen molar-refractivity contribution in [1.29, 1.82) is 0 Å². The van der Waals surface area contributed by atoms with E-state index in [0.717, 1.165) is 6.07 Å². The molecule has 0 aromatic heterocycles. The van der Waals surface area contributed by atoms with Gasteiger partial charge < -0.3 is 5.11 Å². The van der Waals surface area contributed by atoms with Gasteiger partial charge in [-0.1, -0.05) is 30.4 Å². The molecule has 0 amide bonds. The molecule has 1 rings (SSSR count). The highest BCUT2D eigenvalue weighted by atomic mass is 19.4. The Bertz CT molecular complexity index is 472. The second kappa shape index (κ2) is 4.56. The fraction of sp³-hybridized carbons (Fsp3) is 0.333. The van der Waals surface area contributed by atoms with Crippen LogP contribution in [0.25, 0.3) is 5.57 Å². The van der Waals surface area contributed by atoms with Gasteiger partial charge >= 0.3 is 12.4 Å². The highest BCUT2D eigenvalue weighted by molar-refractivity contribution is 5.62. The van der Waals surface area contributed by atoms with Crippen molar-refractivity contribution in [3.05, 3.63) is 42.0 Å². The Labute approximate surface area is 105 Å². The minimum Gasteiger partial charge on any atom is -0.369 e. The van der Waals surface area contributed by atoms with Crippen molar-refractivity contribution in [2.24, 2.45) is 0 Å². The molecular weight excluding hydrogens is 274 g/mol. The Morgan fingerprint density at radius 3 is 1.89 bits per heavy atom. The molecule has 0 atom stereocenters. The van der Waals surface area contributed by atoms with Crippen molar-refractivity contribution in [2.45, 2.75) is 24.9 Å². The largest absolute Gasteiger partial charge is 0.430 e. The quantitative estimate of drug-likeness (QED) is 0.813. The lowest BCUT2D eigenvalue weighted by molar-refractivity contribution is -0.376. The van der Waals surface area contributed by atoms with Gasteiger partial charge in [0.05, 0.1) is 0 Å². The summed E-state index contributed by atoms with van der Waals surface area (Å²) in [6, 6.07) is 3.51. The highest BCUT2D eigenvalue weighted by Gasteiger charge is 2.71. The van der Waals surface area contributed by atoms with E-state index in [1.54, 1.807) is 0 Å². The molecular formula is C12H10F6O. The zero-order chi connectivity index (χ0) is 15.1. The van der Waals surface area contributed by atoms with Crippen molar-refractivity contribution >= 4 is 5.57 Å². The number of halogens is 6. The molecule has 0 aliphatic rings. The van der Waals surface area contributed by atoms with E-state index in [9.17, 15) is 31.4 Å². The number of hydrogen-bond donors (Lipinski definition) is 1. The van der Waals surface area contributed by atoms with Gasteiger partial charge in [-0.3, -0.25) is 0 Å². The standard InChI is InChI=1S/C12H10F6O/c1-7(2)8-4-3-5-9(6-8)10(19,11(13,14)15)12(16,17)18/h3-6,19H,1H2,2H3. The van der Waals surface area contributed by atoms with E-state index in [1.807, 2.05) is 0 Å². The number of alkyl halides is 6. The van der Waals surface area contributed by atoms with E-state index in [4.69, 9.17) is 0 Å². The van der Waals surface area contributed by atoms with Crippen molar-refractivity contribution < 1.29 is 31.4 Å². The molecule has 1 aromatic carbocycles. The second-order valence-corrected chi connectivity index (χ2v) is 4.07. The number of benzene rings is 1. The van der Waals surface area contributed by atoms with Crippen molar-refractivity contribution in [1.82, 2.24) is 0 Å². The van der Waals surface area contributed by atoms with Crippen LogP contribution in [0.4, 0.5) is 26.3 Å². The molecule has 0 spiro atoms. The molecule has 19 heavy (non-hydrogen) atoms. The van der Waals surface area contributed by atoms with Crippen LogP contribution < -0.4 is 0 Å². The molecule has 1 aromatic rings. The normalized spacial score (nSPS) is 13.5. The fourth-order valence-corrected chi connectivity index (χ4v) is 1.50. The van der Waals surface area contributed by atoms with E-state index in [1.165, 1.54) is 13.0 Å². The van der Waals surface area contributed by atoms with Gasteiger partial charge in [0, 0.05) is 5.56 Å². The van der Waals surface area contributed by atoms with Crippen molar-refractivity contribution in [3.8, 4) is 0 Å². The van der Waals surface area contributed by atoms with Gasteiger partial charge in [-0.2, -0.15) is 26.3 Å². The predicted molar refractivity (Wildman–Crippen MR) is 57.2 cm³/mol. The zero-order valence-corrected chi connectivity index (χ0v) is 9.73. The summed E-state index contributed by atoms with van der Waals surface area (Å²) in [6.07, 6.45) is -11.8. The lowest BCUT2D eigenvalue weighted by atomic mass is 9.90. The smallest absolute Gasteiger partial charge is 0.369 e. The third-order valence-corrected chi connectivity index (χ3v) is 2.59.